The van der Waals surface area contributed by atoms with E-state index in [2.05, 4.69) is 0 Å². The molecule has 6 bridgehead atoms. The molecule has 0 aromatic heterocycles. The first-order chi connectivity index (χ1) is 13.1. The average Bonchev–Trinajstić information content (AvgIpc) is 3.42. The molecule has 8 rings (SSSR count). The minimum atomic E-state index is -0.284. The van der Waals surface area contributed by atoms with Gasteiger partial charge >= 0.3 is 23.9 Å². The van der Waals surface area contributed by atoms with E-state index in [-0.39, 0.29) is 47.5 Å². The molecule has 12 unspecified atom stereocenters. The maximum atomic E-state index is 12.3. The van der Waals surface area contributed by atoms with E-state index in [4.69, 9.17) is 9.47 Å². The van der Waals surface area contributed by atoms with Crippen LogP contribution < -0.4 is 0 Å². The Morgan fingerprint density at radius 3 is 1.00 bits per heavy atom. The summed E-state index contributed by atoms with van der Waals surface area (Å²) in [4.78, 5) is 49.2. The second-order valence-corrected chi connectivity index (χ2v) is 10.6. The molecular weight excluding hydrogens is 348 g/mol. The topological polar surface area (TPSA) is 86.7 Å². The number of cyclic esters (lactones) is 4. The number of hydrogen-bond donors (Lipinski definition) is 0. The van der Waals surface area contributed by atoms with Crippen molar-refractivity contribution in [3.63, 3.8) is 0 Å². The van der Waals surface area contributed by atoms with Crippen LogP contribution in [0.1, 0.15) is 19.3 Å². The van der Waals surface area contributed by atoms with Crippen LogP contribution >= 0.6 is 0 Å². The van der Waals surface area contributed by atoms with Gasteiger partial charge in [-0.25, -0.2) is 0 Å². The molecule has 8 fully saturated rings. The lowest BCUT2D eigenvalue weighted by molar-refractivity contribution is -0.156. The van der Waals surface area contributed by atoms with Crippen LogP contribution in [0.4, 0.5) is 0 Å². The number of esters is 4. The van der Waals surface area contributed by atoms with E-state index >= 15 is 0 Å². The van der Waals surface area contributed by atoms with E-state index in [0.717, 1.165) is 12.8 Å². The Hall–Kier alpha value is -1.72. The standard InChI is InChI=1S/C21H20O6/c22-18-14-6-2-7(15(14)19(23)26-18)11-5-1-4(10(6)11)12-8-3-9(13(5)12)17-16(8)20(24)27-21(17)25/h4-17H,1-3H2. The van der Waals surface area contributed by atoms with Gasteiger partial charge in [-0.15, -0.1) is 0 Å². The highest BCUT2D eigenvalue weighted by Crippen LogP contribution is 2.80. The summed E-state index contributed by atoms with van der Waals surface area (Å²) in [6.45, 7) is 0. The summed E-state index contributed by atoms with van der Waals surface area (Å²) in [5.74, 6) is 2.44. The van der Waals surface area contributed by atoms with Gasteiger partial charge in [-0.1, -0.05) is 0 Å². The number of ether oxygens (including phenoxy) is 2. The molecule has 27 heavy (non-hydrogen) atoms. The zero-order valence-electron chi connectivity index (χ0n) is 14.7. The second kappa shape index (κ2) is 4.01. The van der Waals surface area contributed by atoms with E-state index < -0.39 is 0 Å². The summed E-state index contributed by atoms with van der Waals surface area (Å²) in [6.07, 6.45) is 3.18. The van der Waals surface area contributed by atoms with Crippen molar-refractivity contribution < 1.29 is 28.7 Å². The van der Waals surface area contributed by atoms with E-state index in [9.17, 15) is 19.2 Å². The van der Waals surface area contributed by atoms with Gasteiger partial charge in [0.15, 0.2) is 0 Å². The van der Waals surface area contributed by atoms with Gasteiger partial charge in [-0.2, -0.15) is 0 Å². The van der Waals surface area contributed by atoms with Crippen molar-refractivity contribution >= 4 is 23.9 Å². The lowest BCUT2D eigenvalue weighted by Gasteiger charge is -2.48. The molecule has 6 heteroatoms. The minimum Gasteiger partial charge on any atom is -0.393 e. The van der Waals surface area contributed by atoms with Crippen LogP contribution in [-0.2, 0) is 28.7 Å². The minimum absolute atomic E-state index is 0.203. The van der Waals surface area contributed by atoms with Gasteiger partial charge in [0.1, 0.15) is 0 Å². The number of carbonyl (C=O) groups excluding carboxylic acids is 4. The first-order valence-electron chi connectivity index (χ1n) is 10.6. The van der Waals surface area contributed by atoms with Crippen LogP contribution in [0.25, 0.3) is 0 Å². The van der Waals surface area contributed by atoms with Crippen molar-refractivity contribution in [2.24, 2.45) is 82.9 Å². The first kappa shape index (κ1) is 14.3. The summed E-state index contributed by atoms with van der Waals surface area (Å²) >= 11 is 0. The van der Waals surface area contributed by atoms with Gasteiger partial charge in [0.05, 0.1) is 23.7 Å². The van der Waals surface area contributed by atoms with Crippen molar-refractivity contribution in [2.75, 3.05) is 0 Å². The lowest BCUT2D eigenvalue weighted by atomic mass is 9.54. The van der Waals surface area contributed by atoms with Crippen LogP contribution in [-0.4, -0.2) is 23.9 Å². The molecule has 8 aliphatic rings. The monoisotopic (exact) mass is 368 g/mol. The summed E-state index contributed by atoms with van der Waals surface area (Å²) in [6, 6.07) is 0. The Morgan fingerprint density at radius 1 is 0.444 bits per heavy atom. The van der Waals surface area contributed by atoms with E-state index in [1.807, 2.05) is 0 Å². The fraction of sp³-hybridized carbons (Fsp3) is 0.810. The average molecular weight is 368 g/mol. The molecule has 0 aromatic carbocycles. The zero-order chi connectivity index (χ0) is 17.9. The maximum absolute atomic E-state index is 12.3. The van der Waals surface area contributed by atoms with Crippen LogP contribution in [0.2, 0.25) is 0 Å². The van der Waals surface area contributed by atoms with Crippen LogP contribution in [0.3, 0.4) is 0 Å². The fourth-order valence-electron chi connectivity index (χ4n) is 10.6. The smallest absolute Gasteiger partial charge is 0.317 e. The quantitative estimate of drug-likeness (QED) is 0.361. The van der Waals surface area contributed by atoms with Crippen molar-refractivity contribution in [3.8, 4) is 0 Å². The molecular formula is C21H20O6. The van der Waals surface area contributed by atoms with Crippen molar-refractivity contribution in [1.29, 1.82) is 0 Å². The molecule has 0 N–H and O–H groups in total. The van der Waals surface area contributed by atoms with Crippen LogP contribution in [0, 0.1) is 82.9 Å². The number of hydrogen-bond acceptors (Lipinski definition) is 6. The van der Waals surface area contributed by atoms with Gasteiger partial charge in [0, 0.05) is 0 Å². The third-order valence-electron chi connectivity index (χ3n) is 10.6. The van der Waals surface area contributed by atoms with E-state index in [1.54, 1.807) is 0 Å². The van der Waals surface area contributed by atoms with E-state index in [1.165, 1.54) is 6.42 Å². The van der Waals surface area contributed by atoms with E-state index in [0.29, 0.717) is 59.2 Å². The van der Waals surface area contributed by atoms with Gasteiger partial charge in [0.25, 0.3) is 0 Å². The molecule has 2 heterocycles. The molecule has 6 saturated carbocycles. The Balaban J connectivity index is 1.22. The van der Waals surface area contributed by atoms with Gasteiger partial charge in [0.2, 0.25) is 0 Å². The molecule has 6 nitrogen and oxygen atoms in total. The van der Waals surface area contributed by atoms with Crippen molar-refractivity contribution in [1.82, 2.24) is 0 Å². The zero-order valence-corrected chi connectivity index (χ0v) is 14.7. The maximum Gasteiger partial charge on any atom is 0.317 e. The van der Waals surface area contributed by atoms with Crippen molar-refractivity contribution in [2.45, 2.75) is 19.3 Å². The largest absolute Gasteiger partial charge is 0.393 e. The number of carbonyl (C=O) groups is 4. The third-order valence-corrected chi connectivity index (χ3v) is 10.6. The number of fused-ring (bicyclic) bond motifs is 22. The van der Waals surface area contributed by atoms with Crippen LogP contribution in [0.15, 0.2) is 0 Å². The van der Waals surface area contributed by atoms with Crippen molar-refractivity contribution in [3.05, 3.63) is 0 Å². The summed E-state index contributed by atoms with van der Waals surface area (Å²) in [5, 5.41) is 0. The molecule has 2 aliphatic heterocycles. The highest BCUT2D eigenvalue weighted by molar-refractivity contribution is 5.98. The molecule has 6 aliphatic carbocycles. The fourth-order valence-corrected chi connectivity index (χ4v) is 10.6. The van der Waals surface area contributed by atoms with Crippen LogP contribution in [0.5, 0.6) is 0 Å². The Morgan fingerprint density at radius 2 is 0.704 bits per heavy atom. The Bertz CT molecular complexity index is 744. The summed E-state index contributed by atoms with van der Waals surface area (Å²) in [7, 11) is 0. The normalized spacial score (nSPS) is 65.5. The summed E-state index contributed by atoms with van der Waals surface area (Å²) in [5.41, 5.74) is 0. The molecule has 0 spiro atoms. The van der Waals surface area contributed by atoms with Gasteiger partial charge in [-0.3, -0.25) is 19.2 Å². The van der Waals surface area contributed by atoms with Gasteiger partial charge in [-0.05, 0) is 78.4 Å². The first-order valence-corrected chi connectivity index (χ1v) is 10.6. The molecule has 2 saturated heterocycles. The Labute approximate surface area is 155 Å². The Kier molecular flexibility index (Phi) is 2.12. The number of rotatable bonds is 0. The molecule has 0 radical (unpaired) electrons. The molecule has 140 valence electrons. The lowest BCUT2D eigenvalue weighted by Crippen LogP contribution is -2.48. The molecule has 12 atom stereocenters. The predicted molar refractivity (Wildman–Crippen MR) is 84.9 cm³/mol. The highest BCUT2D eigenvalue weighted by atomic mass is 16.6. The third kappa shape index (κ3) is 1.25. The molecule has 0 amide bonds. The second-order valence-electron chi connectivity index (χ2n) is 10.6. The summed E-state index contributed by atoms with van der Waals surface area (Å²) < 4.78 is 10.0. The van der Waals surface area contributed by atoms with Gasteiger partial charge < -0.3 is 9.47 Å². The highest BCUT2D eigenvalue weighted by Gasteiger charge is 2.79. The predicted octanol–water partition coefficient (Wildman–Crippen LogP) is 1.03. The molecule has 0 aromatic rings. The SMILES string of the molecule is O=C1OC(=O)C2C3CC(C12)C1C2CC(C31)C1C3CC(C4C(=O)OC(=O)C34)C21.